The number of carbonyl (C=O) groups excluding carboxylic acids is 1. The number of carbonyl (C=O) groups is 1. The maximum absolute atomic E-state index is 11.8. The van der Waals surface area contributed by atoms with Gasteiger partial charge < -0.3 is 5.73 Å². The number of nitrogen functional groups attached to an aromatic ring is 1. The van der Waals surface area contributed by atoms with Gasteiger partial charge in [0.2, 0.25) is 0 Å². The van der Waals surface area contributed by atoms with Gasteiger partial charge in [-0.25, -0.2) is 0 Å². The highest BCUT2D eigenvalue weighted by molar-refractivity contribution is 6.34. The summed E-state index contributed by atoms with van der Waals surface area (Å²) in [7, 11) is 0. The number of ketones is 1. The molecule has 1 aliphatic carbocycles. The predicted octanol–water partition coefficient (Wildman–Crippen LogP) is 3.15. The summed E-state index contributed by atoms with van der Waals surface area (Å²) in [6.07, 6.45) is 3.69. The molecule has 0 aliphatic heterocycles. The van der Waals surface area contributed by atoms with Crippen molar-refractivity contribution in [1.29, 1.82) is 0 Å². The van der Waals surface area contributed by atoms with Crippen molar-refractivity contribution < 1.29 is 4.79 Å². The van der Waals surface area contributed by atoms with Crippen molar-refractivity contribution in [1.82, 2.24) is 0 Å². The molecule has 1 unspecified atom stereocenters. The van der Waals surface area contributed by atoms with E-state index in [-0.39, 0.29) is 5.92 Å². The van der Waals surface area contributed by atoms with Crippen LogP contribution in [0, 0.1) is 0 Å². The summed E-state index contributed by atoms with van der Waals surface area (Å²) in [4.78, 5) is 11.8. The maximum atomic E-state index is 11.8. The minimum Gasteiger partial charge on any atom is -0.398 e. The number of benzene rings is 1. The molecule has 1 fully saturated rings. The van der Waals surface area contributed by atoms with Gasteiger partial charge in [0.1, 0.15) is 5.78 Å². The van der Waals surface area contributed by atoms with Crippen LogP contribution >= 0.6 is 11.6 Å². The van der Waals surface area contributed by atoms with E-state index in [0.29, 0.717) is 22.9 Å². The summed E-state index contributed by atoms with van der Waals surface area (Å²) in [5, 5.41) is 0.553. The average molecular weight is 224 g/mol. The fourth-order valence-corrected chi connectivity index (χ4v) is 2.41. The fourth-order valence-electron chi connectivity index (χ4n) is 2.15. The van der Waals surface area contributed by atoms with Gasteiger partial charge >= 0.3 is 0 Å². The molecule has 1 aliphatic rings. The summed E-state index contributed by atoms with van der Waals surface area (Å²) in [5.41, 5.74) is 7.20. The van der Waals surface area contributed by atoms with Crippen LogP contribution in [0.5, 0.6) is 0 Å². The van der Waals surface area contributed by atoms with Gasteiger partial charge in [0.15, 0.2) is 0 Å². The molecule has 0 bridgehead atoms. The fraction of sp³-hybridized carbons (Fsp3) is 0.417. The zero-order valence-corrected chi connectivity index (χ0v) is 9.26. The minimum absolute atomic E-state index is 0.0326. The van der Waals surface area contributed by atoms with E-state index >= 15 is 0 Å². The van der Waals surface area contributed by atoms with Crippen LogP contribution in [0.25, 0.3) is 0 Å². The standard InChI is InChI=1S/C12H14ClNO/c13-12-9(5-3-6-10(12)14)8-4-1-2-7-11(8)15/h3,5-6,8H,1-2,4,7,14H2. The zero-order valence-electron chi connectivity index (χ0n) is 8.50. The van der Waals surface area contributed by atoms with Crippen LogP contribution in [0.3, 0.4) is 0 Å². The van der Waals surface area contributed by atoms with Gasteiger partial charge in [0.05, 0.1) is 10.7 Å². The highest BCUT2D eigenvalue weighted by Crippen LogP contribution is 2.36. The molecule has 0 amide bonds. The first-order chi connectivity index (χ1) is 7.20. The first-order valence-electron chi connectivity index (χ1n) is 5.26. The molecule has 1 saturated carbocycles. The number of hydrogen-bond acceptors (Lipinski definition) is 2. The van der Waals surface area contributed by atoms with Crippen molar-refractivity contribution in [2.75, 3.05) is 5.73 Å². The Bertz CT molecular complexity index is 389. The van der Waals surface area contributed by atoms with Crippen LogP contribution in [0.15, 0.2) is 18.2 Å². The van der Waals surface area contributed by atoms with Gasteiger partial charge in [0.25, 0.3) is 0 Å². The Kier molecular flexibility index (Phi) is 2.96. The van der Waals surface area contributed by atoms with E-state index in [1.807, 2.05) is 12.1 Å². The van der Waals surface area contributed by atoms with E-state index in [4.69, 9.17) is 17.3 Å². The van der Waals surface area contributed by atoms with E-state index in [9.17, 15) is 4.79 Å². The first kappa shape index (κ1) is 10.5. The molecule has 80 valence electrons. The summed E-state index contributed by atoms with van der Waals surface area (Å²) in [5.74, 6) is 0.267. The third kappa shape index (κ3) is 2.00. The first-order valence-corrected chi connectivity index (χ1v) is 5.64. The largest absolute Gasteiger partial charge is 0.398 e. The molecular formula is C12H14ClNO. The Labute approximate surface area is 94.4 Å². The molecule has 1 atom stereocenters. The molecule has 0 radical (unpaired) electrons. The van der Waals surface area contributed by atoms with Gasteiger partial charge in [0, 0.05) is 12.3 Å². The number of rotatable bonds is 1. The summed E-state index contributed by atoms with van der Waals surface area (Å²) < 4.78 is 0. The molecular weight excluding hydrogens is 210 g/mol. The van der Waals surface area contributed by atoms with E-state index in [0.717, 1.165) is 24.8 Å². The van der Waals surface area contributed by atoms with E-state index in [1.54, 1.807) is 6.07 Å². The second kappa shape index (κ2) is 4.23. The van der Waals surface area contributed by atoms with E-state index < -0.39 is 0 Å². The Morgan fingerprint density at radius 2 is 2.13 bits per heavy atom. The number of halogens is 1. The lowest BCUT2D eigenvalue weighted by molar-refractivity contribution is -0.121. The van der Waals surface area contributed by atoms with E-state index in [1.165, 1.54) is 0 Å². The second-order valence-electron chi connectivity index (χ2n) is 4.02. The molecule has 2 rings (SSSR count). The van der Waals surface area contributed by atoms with Crippen molar-refractivity contribution in [3.8, 4) is 0 Å². The number of anilines is 1. The Hall–Kier alpha value is -1.02. The molecule has 3 heteroatoms. The molecule has 0 saturated heterocycles. The van der Waals surface area contributed by atoms with Crippen LogP contribution in [0.4, 0.5) is 5.69 Å². The predicted molar refractivity (Wildman–Crippen MR) is 62.1 cm³/mol. The van der Waals surface area contributed by atoms with Crippen molar-refractivity contribution in [3.63, 3.8) is 0 Å². The molecule has 1 aromatic carbocycles. The van der Waals surface area contributed by atoms with Crippen molar-refractivity contribution in [3.05, 3.63) is 28.8 Å². The lowest BCUT2D eigenvalue weighted by Crippen LogP contribution is -2.17. The molecule has 2 nitrogen and oxygen atoms in total. The van der Waals surface area contributed by atoms with Crippen LogP contribution in [-0.4, -0.2) is 5.78 Å². The maximum Gasteiger partial charge on any atom is 0.140 e. The number of nitrogens with two attached hydrogens (primary N) is 1. The second-order valence-corrected chi connectivity index (χ2v) is 4.39. The quantitative estimate of drug-likeness (QED) is 0.744. The molecule has 15 heavy (non-hydrogen) atoms. The van der Waals surface area contributed by atoms with Gasteiger partial charge in [-0.15, -0.1) is 0 Å². The van der Waals surface area contributed by atoms with Gasteiger partial charge in [-0.3, -0.25) is 4.79 Å². The highest BCUT2D eigenvalue weighted by atomic mass is 35.5. The van der Waals surface area contributed by atoms with Crippen molar-refractivity contribution >= 4 is 23.1 Å². The van der Waals surface area contributed by atoms with Crippen molar-refractivity contribution in [2.45, 2.75) is 31.6 Å². The summed E-state index contributed by atoms with van der Waals surface area (Å²) >= 11 is 6.11. The smallest absolute Gasteiger partial charge is 0.140 e. The van der Waals surface area contributed by atoms with E-state index in [2.05, 4.69) is 0 Å². The molecule has 0 spiro atoms. The average Bonchev–Trinajstić information content (AvgIpc) is 2.23. The highest BCUT2D eigenvalue weighted by Gasteiger charge is 2.25. The monoisotopic (exact) mass is 223 g/mol. The number of hydrogen-bond donors (Lipinski definition) is 1. The topological polar surface area (TPSA) is 43.1 Å². The Morgan fingerprint density at radius 1 is 1.33 bits per heavy atom. The van der Waals surface area contributed by atoms with Crippen LogP contribution in [-0.2, 0) is 4.79 Å². The normalized spacial score (nSPS) is 21.7. The SMILES string of the molecule is Nc1cccc(C2CCCCC2=O)c1Cl. The third-order valence-corrected chi connectivity index (χ3v) is 3.42. The van der Waals surface area contributed by atoms with Crippen LogP contribution in [0.2, 0.25) is 5.02 Å². The zero-order chi connectivity index (χ0) is 10.8. The van der Waals surface area contributed by atoms with Crippen LogP contribution < -0.4 is 5.73 Å². The Balaban J connectivity index is 2.35. The molecule has 0 aromatic heterocycles. The molecule has 2 N–H and O–H groups in total. The lowest BCUT2D eigenvalue weighted by Gasteiger charge is -2.22. The summed E-state index contributed by atoms with van der Waals surface area (Å²) in [6.45, 7) is 0. The van der Waals surface area contributed by atoms with Gasteiger partial charge in [-0.2, -0.15) is 0 Å². The lowest BCUT2D eigenvalue weighted by atomic mass is 9.83. The van der Waals surface area contributed by atoms with Gasteiger partial charge in [-0.1, -0.05) is 30.2 Å². The third-order valence-electron chi connectivity index (χ3n) is 2.99. The van der Waals surface area contributed by atoms with Gasteiger partial charge in [-0.05, 0) is 24.5 Å². The molecule has 1 aromatic rings. The molecule has 0 heterocycles. The van der Waals surface area contributed by atoms with Crippen LogP contribution in [0.1, 0.15) is 37.2 Å². The summed E-state index contributed by atoms with van der Waals surface area (Å²) in [6, 6.07) is 5.53. The minimum atomic E-state index is -0.0326. The Morgan fingerprint density at radius 3 is 2.87 bits per heavy atom. The number of Topliss-reactive ketones (excluding diaryl/α,β-unsaturated/α-hetero) is 1. The van der Waals surface area contributed by atoms with Crippen molar-refractivity contribution in [2.24, 2.45) is 0 Å².